The van der Waals surface area contributed by atoms with Crippen LogP contribution in [0.25, 0.3) is 0 Å². The van der Waals surface area contributed by atoms with Crippen molar-refractivity contribution in [2.24, 2.45) is 23.0 Å². The Bertz CT molecular complexity index is 332. The first-order valence-electron chi connectivity index (χ1n) is 7.91. The van der Waals surface area contributed by atoms with Crippen molar-refractivity contribution in [2.75, 3.05) is 13.1 Å². The maximum absolute atomic E-state index is 12.5. The second-order valence-corrected chi connectivity index (χ2v) is 7.60. The van der Waals surface area contributed by atoms with Crippen LogP contribution in [-0.4, -0.2) is 29.9 Å². The lowest BCUT2D eigenvalue weighted by atomic mass is 9.67. The van der Waals surface area contributed by atoms with Gasteiger partial charge in [0.2, 0.25) is 5.91 Å². The van der Waals surface area contributed by atoms with Crippen LogP contribution in [0.3, 0.4) is 0 Å². The second kappa shape index (κ2) is 7.13. The van der Waals surface area contributed by atoms with Crippen LogP contribution >= 0.6 is 12.4 Å². The smallest absolute Gasteiger partial charge is 0.223 e. The van der Waals surface area contributed by atoms with E-state index in [2.05, 4.69) is 20.8 Å². The predicted molar refractivity (Wildman–Crippen MR) is 85.9 cm³/mol. The van der Waals surface area contributed by atoms with E-state index in [9.17, 15) is 4.79 Å². The monoisotopic (exact) mass is 302 g/mol. The van der Waals surface area contributed by atoms with Gasteiger partial charge in [0.1, 0.15) is 0 Å². The van der Waals surface area contributed by atoms with Crippen LogP contribution in [0.15, 0.2) is 0 Å². The summed E-state index contributed by atoms with van der Waals surface area (Å²) in [5, 5.41) is 0. The third kappa shape index (κ3) is 4.36. The number of likely N-dealkylation sites (tertiary alicyclic amines) is 1. The molecule has 4 heteroatoms. The van der Waals surface area contributed by atoms with Crippen LogP contribution in [-0.2, 0) is 4.79 Å². The van der Waals surface area contributed by atoms with Crippen molar-refractivity contribution in [1.29, 1.82) is 0 Å². The van der Waals surface area contributed by atoms with Gasteiger partial charge < -0.3 is 10.6 Å². The highest BCUT2D eigenvalue weighted by Crippen LogP contribution is 2.43. The number of halogens is 1. The minimum Gasteiger partial charge on any atom is -0.338 e. The van der Waals surface area contributed by atoms with Crippen molar-refractivity contribution in [3.05, 3.63) is 0 Å². The molecule has 0 radical (unpaired) electrons. The molecular weight excluding hydrogens is 272 g/mol. The van der Waals surface area contributed by atoms with Gasteiger partial charge in [-0.2, -0.15) is 0 Å². The highest BCUT2D eigenvalue weighted by Gasteiger charge is 2.35. The van der Waals surface area contributed by atoms with Crippen LogP contribution in [0, 0.1) is 17.3 Å². The molecule has 2 aliphatic rings. The first kappa shape index (κ1) is 17.8. The zero-order chi connectivity index (χ0) is 14.0. The molecule has 0 aromatic carbocycles. The Labute approximate surface area is 130 Å². The molecule has 0 spiro atoms. The standard InChI is InChI=1S/C16H30N2O.ClH/c1-12-7-13(10-16(2,3)9-12)8-15(19)18-6-4-5-14(18)11-17;/h12-14H,4-11,17H2,1-3H3;1H. The van der Waals surface area contributed by atoms with E-state index in [-0.39, 0.29) is 12.4 Å². The maximum atomic E-state index is 12.5. The number of rotatable bonds is 3. The summed E-state index contributed by atoms with van der Waals surface area (Å²) < 4.78 is 0. The van der Waals surface area contributed by atoms with Crippen LogP contribution in [0.5, 0.6) is 0 Å². The van der Waals surface area contributed by atoms with Gasteiger partial charge in [-0.25, -0.2) is 0 Å². The zero-order valence-electron chi connectivity index (χ0n) is 13.2. The van der Waals surface area contributed by atoms with Gasteiger partial charge in [0.15, 0.2) is 0 Å². The highest BCUT2D eigenvalue weighted by atomic mass is 35.5. The summed E-state index contributed by atoms with van der Waals surface area (Å²) in [6.07, 6.45) is 6.67. The summed E-state index contributed by atoms with van der Waals surface area (Å²) >= 11 is 0. The number of nitrogens with zero attached hydrogens (tertiary/aromatic N) is 1. The molecule has 1 amide bonds. The molecule has 1 saturated heterocycles. The van der Waals surface area contributed by atoms with E-state index in [0.717, 1.165) is 31.7 Å². The molecule has 3 nitrogen and oxygen atoms in total. The van der Waals surface area contributed by atoms with Crippen LogP contribution < -0.4 is 5.73 Å². The molecule has 3 atom stereocenters. The molecule has 1 aliphatic carbocycles. The molecule has 1 saturated carbocycles. The number of nitrogens with two attached hydrogens (primary N) is 1. The summed E-state index contributed by atoms with van der Waals surface area (Å²) in [5.74, 6) is 1.68. The number of hydrogen-bond donors (Lipinski definition) is 1. The maximum Gasteiger partial charge on any atom is 0.223 e. The van der Waals surface area contributed by atoms with Gasteiger partial charge in [-0.05, 0) is 49.4 Å². The van der Waals surface area contributed by atoms with E-state index >= 15 is 0 Å². The molecule has 0 aromatic heterocycles. The van der Waals surface area contributed by atoms with E-state index < -0.39 is 0 Å². The van der Waals surface area contributed by atoms with Gasteiger partial charge in [0, 0.05) is 25.6 Å². The quantitative estimate of drug-likeness (QED) is 0.870. The Morgan fingerprint density at radius 1 is 1.35 bits per heavy atom. The van der Waals surface area contributed by atoms with Crippen molar-refractivity contribution in [3.8, 4) is 0 Å². The largest absolute Gasteiger partial charge is 0.338 e. The molecular formula is C16H31ClN2O. The van der Waals surface area contributed by atoms with E-state index in [1.807, 2.05) is 4.90 Å². The molecule has 0 bridgehead atoms. The molecule has 3 unspecified atom stereocenters. The zero-order valence-corrected chi connectivity index (χ0v) is 14.0. The van der Waals surface area contributed by atoms with Crippen molar-refractivity contribution in [3.63, 3.8) is 0 Å². The topological polar surface area (TPSA) is 46.3 Å². The predicted octanol–water partition coefficient (Wildman–Crippen LogP) is 3.21. The Balaban J connectivity index is 0.00000200. The number of hydrogen-bond acceptors (Lipinski definition) is 2. The van der Waals surface area contributed by atoms with E-state index in [1.165, 1.54) is 19.3 Å². The Morgan fingerprint density at radius 3 is 2.65 bits per heavy atom. The van der Waals surface area contributed by atoms with Crippen LogP contribution in [0.2, 0.25) is 0 Å². The fraction of sp³-hybridized carbons (Fsp3) is 0.938. The van der Waals surface area contributed by atoms with Gasteiger partial charge in [0.25, 0.3) is 0 Å². The summed E-state index contributed by atoms with van der Waals surface area (Å²) in [5.41, 5.74) is 6.17. The second-order valence-electron chi connectivity index (χ2n) is 7.60. The van der Waals surface area contributed by atoms with Gasteiger partial charge in [0.05, 0.1) is 0 Å². The van der Waals surface area contributed by atoms with Crippen molar-refractivity contribution < 1.29 is 4.79 Å². The lowest BCUT2D eigenvalue weighted by molar-refractivity contribution is -0.133. The van der Waals surface area contributed by atoms with Gasteiger partial charge in [-0.15, -0.1) is 12.4 Å². The third-order valence-corrected chi connectivity index (χ3v) is 4.91. The molecule has 118 valence electrons. The molecule has 1 heterocycles. The van der Waals surface area contributed by atoms with E-state index in [4.69, 9.17) is 5.73 Å². The average Bonchev–Trinajstić information content (AvgIpc) is 2.73. The minimum atomic E-state index is 0. The summed E-state index contributed by atoms with van der Waals surface area (Å²) in [6, 6.07) is 0.307. The van der Waals surface area contributed by atoms with Gasteiger partial charge >= 0.3 is 0 Å². The third-order valence-electron chi connectivity index (χ3n) is 4.91. The number of amides is 1. The Morgan fingerprint density at radius 2 is 2.05 bits per heavy atom. The average molecular weight is 303 g/mol. The van der Waals surface area contributed by atoms with Crippen molar-refractivity contribution >= 4 is 18.3 Å². The summed E-state index contributed by atoms with van der Waals surface area (Å²) in [4.78, 5) is 14.5. The lowest BCUT2D eigenvalue weighted by Crippen LogP contribution is -2.41. The first-order chi connectivity index (χ1) is 8.91. The lowest BCUT2D eigenvalue weighted by Gasteiger charge is -2.39. The van der Waals surface area contributed by atoms with E-state index in [0.29, 0.717) is 29.8 Å². The van der Waals surface area contributed by atoms with Gasteiger partial charge in [-0.3, -0.25) is 4.79 Å². The Kier molecular flexibility index (Phi) is 6.33. The van der Waals surface area contributed by atoms with Gasteiger partial charge in [-0.1, -0.05) is 20.8 Å². The molecule has 1 aliphatic heterocycles. The normalized spacial score (nSPS) is 32.8. The minimum absolute atomic E-state index is 0. The van der Waals surface area contributed by atoms with Crippen molar-refractivity contribution in [2.45, 2.75) is 65.3 Å². The first-order valence-corrected chi connectivity index (χ1v) is 7.91. The Hall–Kier alpha value is -0.280. The molecule has 2 rings (SSSR count). The summed E-state index contributed by atoms with van der Waals surface area (Å²) in [7, 11) is 0. The van der Waals surface area contributed by atoms with Crippen LogP contribution in [0.4, 0.5) is 0 Å². The fourth-order valence-corrected chi connectivity index (χ4v) is 4.47. The molecule has 20 heavy (non-hydrogen) atoms. The highest BCUT2D eigenvalue weighted by molar-refractivity contribution is 5.85. The molecule has 2 N–H and O–H groups in total. The van der Waals surface area contributed by atoms with Crippen molar-refractivity contribution in [1.82, 2.24) is 4.90 Å². The molecule has 0 aromatic rings. The fourth-order valence-electron chi connectivity index (χ4n) is 4.47. The van der Waals surface area contributed by atoms with Crippen LogP contribution in [0.1, 0.15) is 59.3 Å². The molecule has 2 fully saturated rings. The number of carbonyl (C=O) groups is 1. The number of carbonyl (C=O) groups excluding carboxylic acids is 1. The van der Waals surface area contributed by atoms with E-state index in [1.54, 1.807) is 0 Å². The SMILES string of the molecule is CC1CC(CC(=O)N2CCCC2CN)CC(C)(C)C1.Cl. The summed E-state index contributed by atoms with van der Waals surface area (Å²) in [6.45, 7) is 8.57.